The highest BCUT2D eigenvalue weighted by Crippen LogP contribution is 2.04. The molecule has 0 radical (unpaired) electrons. The van der Waals surface area contributed by atoms with E-state index in [4.69, 9.17) is 0 Å². The predicted molar refractivity (Wildman–Crippen MR) is 79.1 cm³/mol. The van der Waals surface area contributed by atoms with Gasteiger partial charge in [-0.3, -0.25) is 9.98 Å². The van der Waals surface area contributed by atoms with E-state index in [1.54, 1.807) is 6.07 Å². The maximum Gasteiger partial charge on any atom is 0.242 e. The third-order valence-electron chi connectivity index (χ3n) is 2.31. The van der Waals surface area contributed by atoms with Gasteiger partial charge in [0.25, 0.3) is 0 Å². The zero-order valence-electron chi connectivity index (χ0n) is 11.8. The number of rotatable bonds is 7. The second-order valence-electron chi connectivity index (χ2n) is 3.88. The van der Waals surface area contributed by atoms with Crippen LogP contribution in [0.3, 0.4) is 0 Å². The van der Waals surface area contributed by atoms with E-state index in [-0.39, 0.29) is 11.4 Å². The molecule has 1 heterocycles. The minimum Gasteiger partial charge on any atom is -0.357 e. The van der Waals surface area contributed by atoms with Gasteiger partial charge in [-0.2, -0.15) is 0 Å². The van der Waals surface area contributed by atoms with Crippen molar-refractivity contribution in [3.8, 4) is 0 Å². The van der Waals surface area contributed by atoms with Crippen molar-refractivity contribution in [3.05, 3.63) is 24.5 Å². The molecule has 1 rings (SSSR count). The van der Waals surface area contributed by atoms with Crippen molar-refractivity contribution >= 4 is 16.0 Å². The molecule has 0 aromatic carbocycles. The van der Waals surface area contributed by atoms with E-state index in [9.17, 15) is 8.42 Å². The van der Waals surface area contributed by atoms with Crippen LogP contribution in [0.25, 0.3) is 0 Å². The lowest BCUT2D eigenvalue weighted by Crippen LogP contribution is -2.37. The van der Waals surface area contributed by atoms with Crippen LogP contribution in [-0.4, -0.2) is 45.5 Å². The molecule has 0 spiro atoms. The van der Waals surface area contributed by atoms with Crippen LogP contribution in [0.1, 0.15) is 13.8 Å². The summed E-state index contributed by atoms with van der Waals surface area (Å²) in [5.41, 5.74) is 0. The number of hydrogen-bond acceptors (Lipinski definition) is 4. The van der Waals surface area contributed by atoms with E-state index in [1.165, 1.54) is 18.5 Å². The Balaban J connectivity index is 2.49. The normalized spacial score (nSPS) is 10.9. The fourth-order valence-electron chi connectivity index (χ4n) is 1.45. The van der Waals surface area contributed by atoms with Gasteiger partial charge in [0.05, 0.1) is 6.54 Å². The van der Waals surface area contributed by atoms with Gasteiger partial charge in [0.2, 0.25) is 10.0 Å². The third kappa shape index (κ3) is 5.54. The Kier molecular flexibility index (Phi) is 6.96. The number of sulfonamides is 1. The number of guanidine groups is 1. The molecule has 0 aliphatic rings. The number of nitrogens with one attached hydrogen (secondary N) is 3. The Bertz CT molecular complexity index is 508. The Morgan fingerprint density at radius 3 is 2.55 bits per heavy atom. The molecule has 112 valence electrons. The molecule has 0 fully saturated rings. The van der Waals surface area contributed by atoms with Crippen molar-refractivity contribution in [3.63, 3.8) is 0 Å². The van der Waals surface area contributed by atoms with Crippen molar-refractivity contribution in [1.29, 1.82) is 0 Å². The van der Waals surface area contributed by atoms with Gasteiger partial charge in [-0.15, -0.1) is 0 Å². The van der Waals surface area contributed by atoms with E-state index in [1.807, 2.05) is 13.8 Å². The van der Waals surface area contributed by atoms with Crippen molar-refractivity contribution in [2.24, 2.45) is 4.99 Å². The van der Waals surface area contributed by atoms with Gasteiger partial charge in [0.1, 0.15) is 4.90 Å². The maximum atomic E-state index is 11.9. The lowest BCUT2D eigenvalue weighted by Gasteiger charge is -2.09. The van der Waals surface area contributed by atoms with Crippen LogP contribution in [0.15, 0.2) is 34.4 Å². The molecule has 0 aliphatic carbocycles. The highest BCUT2D eigenvalue weighted by molar-refractivity contribution is 7.89. The SMILES string of the molecule is CCNC(=NCCNS(=O)(=O)c1cccnc1)NCC. The predicted octanol–water partition coefficient (Wildman–Crippen LogP) is -0.0651. The summed E-state index contributed by atoms with van der Waals surface area (Å²) in [4.78, 5) is 8.20. The van der Waals surface area contributed by atoms with E-state index >= 15 is 0 Å². The van der Waals surface area contributed by atoms with Gasteiger partial charge < -0.3 is 10.6 Å². The lowest BCUT2D eigenvalue weighted by atomic mass is 10.5. The molecular formula is C12H21N5O2S. The zero-order chi connectivity index (χ0) is 14.8. The van der Waals surface area contributed by atoms with E-state index in [0.717, 1.165) is 13.1 Å². The largest absolute Gasteiger partial charge is 0.357 e. The molecule has 0 atom stereocenters. The van der Waals surface area contributed by atoms with Gasteiger partial charge >= 0.3 is 0 Å². The van der Waals surface area contributed by atoms with E-state index < -0.39 is 10.0 Å². The number of aliphatic imine (C=N–C) groups is 1. The molecular weight excluding hydrogens is 278 g/mol. The van der Waals surface area contributed by atoms with Gasteiger partial charge in [-0.25, -0.2) is 13.1 Å². The molecule has 0 saturated heterocycles. The summed E-state index contributed by atoms with van der Waals surface area (Å²) in [6, 6.07) is 3.09. The van der Waals surface area contributed by atoms with Crippen LogP contribution < -0.4 is 15.4 Å². The highest BCUT2D eigenvalue weighted by atomic mass is 32.2. The first-order chi connectivity index (χ1) is 9.60. The van der Waals surface area contributed by atoms with E-state index in [0.29, 0.717) is 12.5 Å². The molecule has 0 amide bonds. The molecule has 1 aromatic rings. The summed E-state index contributed by atoms with van der Waals surface area (Å²) < 4.78 is 26.3. The molecule has 0 unspecified atom stereocenters. The van der Waals surface area contributed by atoms with Crippen LogP contribution in [-0.2, 0) is 10.0 Å². The van der Waals surface area contributed by atoms with Crippen LogP contribution in [0.2, 0.25) is 0 Å². The third-order valence-corrected chi connectivity index (χ3v) is 3.75. The molecule has 0 aliphatic heterocycles. The van der Waals surface area contributed by atoms with E-state index in [2.05, 4.69) is 25.3 Å². The molecule has 7 nitrogen and oxygen atoms in total. The minimum atomic E-state index is -3.51. The first kappa shape index (κ1) is 16.4. The average Bonchev–Trinajstić information content (AvgIpc) is 2.45. The van der Waals surface area contributed by atoms with Crippen molar-refractivity contribution in [2.45, 2.75) is 18.7 Å². The topological polar surface area (TPSA) is 95.5 Å². The van der Waals surface area contributed by atoms with Crippen LogP contribution in [0.4, 0.5) is 0 Å². The molecule has 3 N–H and O–H groups in total. The zero-order valence-corrected chi connectivity index (χ0v) is 12.6. The Labute approximate surface area is 120 Å². The molecule has 0 bridgehead atoms. The van der Waals surface area contributed by atoms with Gasteiger partial charge in [-0.05, 0) is 26.0 Å². The van der Waals surface area contributed by atoms with Crippen molar-refractivity contribution in [2.75, 3.05) is 26.2 Å². The number of aromatic nitrogens is 1. The fraction of sp³-hybridized carbons (Fsp3) is 0.500. The van der Waals surface area contributed by atoms with Crippen LogP contribution in [0.5, 0.6) is 0 Å². The summed E-state index contributed by atoms with van der Waals surface area (Å²) in [6.45, 7) is 6.04. The highest BCUT2D eigenvalue weighted by Gasteiger charge is 2.12. The summed E-state index contributed by atoms with van der Waals surface area (Å²) in [7, 11) is -3.51. The first-order valence-electron chi connectivity index (χ1n) is 6.52. The second-order valence-corrected chi connectivity index (χ2v) is 5.64. The monoisotopic (exact) mass is 299 g/mol. The molecule has 20 heavy (non-hydrogen) atoms. The Hall–Kier alpha value is -1.67. The number of pyridine rings is 1. The van der Waals surface area contributed by atoms with Crippen LogP contribution >= 0.6 is 0 Å². The standard InChI is InChI=1S/C12H21N5O2S/c1-3-14-12(15-4-2)16-8-9-17-20(18,19)11-6-5-7-13-10-11/h5-7,10,17H,3-4,8-9H2,1-2H3,(H2,14,15,16). The summed E-state index contributed by atoms with van der Waals surface area (Å²) >= 11 is 0. The number of nitrogens with zero attached hydrogens (tertiary/aromatic N) is 2. The Morgan fingerprint density at radius 1 is 1.30 bits per heavy atom. The number of hydrogen-bond donors (Lipinski definition) is 3. The minimum absolute atomic E-state index is 0.155. The van der Waals surface area contributed by atoms with Crippen molar-refractivity contribution < 1.29 is 8.42 Å². The summed E-state index contributed by atoms with van der Waals surface area (Å²) in [6.07, 6.45) is 2.84. The molecule has 8 heteroatoms. The Morgan fingerprint density at radius 2 is 2.00 bits per heavy atom. The summed E-state index contributed by atoms with van der Waals surface area (Å²) in [5, 5.41) is 6.13. The van der Waals surface area contributed by atoms with Gasteiger partial charge in [0.15, 0.2) is 5.96 Å². The fourth-order valence-corrected chi connectivity index (χ4v) is 2.43. The molecule has 1 aromatic heterocycles. The smallest absolute Gasteiger partial charge is 0.242 e. The molecule has 0 saturated carbocycles. The van der Waals surface area contributed by atoms with Crippen LogP contribution in [0, 0.1) is 0 Å². The second kappa shape index (κ2) is 8.49. The lowest BCUT2D eigenvalue weighted by molar-refractivity contribution is 0.581. The van der Waals surface area contributed by atoms with Gasteiger partial charge in [-0.1, -0.05) is 0 Å². The maximum absolute atomic E-state index is 11.9. The first-order valence-corrected chi connectivity index (χ1v) is 8.00. The quantitative estimate of drug-likeness (QED) is 0.372. The summed E-state index contributed by atoms with van der Waals surface area (Å²) in [5.74, 6) is 0.676. The average molecular weight is 299 g/mol. The van der Waals surface area contributed by atoms with Gasteiger partial charge in [0, 0.05) is 32.0 Å². The van der Waals surface area contributed by atoms with Crippen molar-refractivity contribution in [1.82, 2.24) is 20.3 Å².